The van der Waals surface area contributed by atoms with E-state index < -0.39 is 32.5 Å². The summed E-state index contributed by atoms with van der Waals surface area (Å²) in [6.45, 7) is 3.33. The lowest BCUT2D eigenvalue weighted by Gasteiger charge is -2.19. The first-order chi connectivity index (χ1) is 20.8. The van der Waals surface area contributed by atoms with Crippen LogP contribution in [-0.2, 0) is 32.7 Å². The number of phosphoric acid groups is 1. The molecule has 9 nitrogen and oxygen atoms in total. The average Bonchev–Trinajstić information content (AvgIpc) is 2.98. The smallest absolute Gasteiger partial charge is 0.462 e. The summed E-state index contributed by atoms with van der Waals surface area (Å²) in [4.78, 5) is 33.7. The van der Waals surface area contributed by atoms with Gasteiger partial charge in [-0.1, -0.05) is 116 Å². The highest BCUT2D eigenvalue weighted by Crippen LogP contribution is 2.43. The van der Waals surface area contributed by atoms with Gasteiger partial charge in [-0.05, 0) is 38.5 Å². The van der Waals surface area contributed by atoms with Gasteiger partial charge < -0.3 is 20.1 Å². The van der Waals surface area contributed by atoms with Crippen LogP contribution in [0.25, 0.3) is 0 Å². The standard InChI is InChI=1S/C33H64NO8P/c1-3-5-6-7-8-9-10-11-12-13-14-15-16-17-18-19-20-21-22-23-24-26-33(36)42-31(29-39-32(35)25-4-2)30-41-43(37,38)40-28-27-34/h13-14,31H,3-12,15-30,34H2,1-2H3,(H,37,38)/b14-13-. The van der Waals surface area contributed by atoms with Gasteiger partial charge in [0.2, 0.25) is 0 Å². The summed E-state index contributed by atoms with van der Waals surface area (Å²) in [6.07, 6.45) is 28.5. The van der Waals surface area contributed by atoms with E-state index in [1.165, 1.54) is 96.3 Å². The first-order valence-electron chi connectivity index (χ1n) is 17.2. The summed E-state index contributed by atoms with van der Waals surface area (Å²) in [5, 5.41) is 0. The van der Waals surface area contributed by atoms with E-state index in [-0.39, 0.29) is 32.6 Å². The molecule has 0 heterocycles. The zero-order valence-corrected chi connectivity index (χ0v) is 28.3. The van der Waals surface area contributed by atoms with E-state index in [2.05, 4.69) is 23.6 Å². The van der Waals surface area contributed by atoms with Gasteiger partial charge in [0.15, 0.2) is 6.10 Å². The summed E-state index contributed by atoms with van der Waals surface area (Å²) < 4.78 is 31.9. The summed E-state index contributed by atoms with van der Waals surface area (Å²) in [5.74, 6) is -0.890. The lowest BCUT2D eigenvalue weighted by atomic mass is 10.1. The van der Waals surface area contributed by atoms with Gasteiger partial charge in [-0.2, -0.15) is 0 Å². The fraction of sp³-hybridized carbons (Fsp3) is 0.879. The summed E-state index contributed by atoms with van der Waals surface area (Å²) in [6, 6.07) is 0. The molecular formula is C33H64NO8P. The van der Waals surface area contributed by atoms with Crippen LogP contribution in [0.15, 0.2) is 12.2 Å². The molecule has 0 aliphatic carbocycles. The van der Waals surface area contributed by atoms with Crippen molar-refractivity contribution in [1.82, 2.24) is 0 Å². The Morgan fingerprint density at radius 1 is 0.674 bits per heavy atom. The number of phosphoric ester groups is 1. The third-order valence-electron chi connectivity index (χ3n) is 7.12. The molecular weight excluding hydrogens is 569 g/mol. The molecule has 254 valence electrons. The molecule has 0 aromatic heterocycles. The van der Waals surface area contributed by atoms with Gasteiger partial charge in [0.05, 0.1) is 13.2 Å². The Labute approximate surface area is 262 Å². The molecule has 0 aliphatic heterocycles. The second-order valence-electron chi connectivity index (χ2n) is 11.4. The highest BCUT2D eigenvalue weighted by atomic mass is 31.2. The van der Waals surface area contributed by atoms with E-state index in [9.17, 15) is 19.0 Å². The van der Waals surface area contributed by atoms with Gasteiger partial charge in [-0.25, -0.2) is 4.57 Å². The maximum atomic E-state index is 12.3. The fourth-order valence-corrected chi connectivity index (χ4v) is 5.37. The molecule has 3 N–H and O–H groups in total. The summed E-state index contributed by atoms with van der Waals surface area (Å²) >= 11 is 0. The average molecular weight is 634 g/mol. The van der Waals surface area contributed by atoms with Crippen molar-refractivity contribution < 1.29 is 37.6 Å². The van der Waals surface area contributed by atoms with Crippen molar-refractivity contribution in [3.63, 3.8) is 0 Å². The Kier molecular flexibility index (Phi) is 29.9. The maximum absolute atomic E-state index is 12.3. The number of hydrogen-bond acceptors (Lipinski definition) is 8. The number of esters is 2. The molecule has 0 aromatic rings. The molecule has 0 aromatic carbocycles. The Bertz CT molecular complexity index is 734. The fourth-order valence-electron chi connectivity index (χ4n) is 4.61. The van der Waals surface area contributed by atoms with Gasteiger partial charge in [0, 0.05) is 19.4 Å². The van der Waals surface area contributed by atoms with Crippen LogP contribution in [0.2, 0.25) is 0 Å². The first kappa shape index (κ1) is 41.8. The Hall–Kier alpha value is -1.25. The van der Waals surface area contributed by atoms with Gasteiger partial charge in [0.1, 0.15) is 6.61 Å². The number of ether oxygens (including phenoxy) is 2. The topological polar surface area (TPSA) is 134 Å². The van der Waals surface area contributed by atoms with Crippen LogP contribution < -0.4 is 5.73 Å². The predicted octanol–water partition coefficient (Wildman–Crippen LogP) is 8.71. The molecule has 0 aliphatic rings. The van der Waals surface area contributed by atoms with E-state index in [0.29, 0.717) is 12.8 Å². The maximum Gasteiger partial charge on any atom is 0.472 e. The lowest BCUT2D eigenvalue weighted by molar-refractivity contribution is -0.161. The minimum atomic E-state index is -4.34. The first-order valence-corrected chi connectivity index (χ1v) is 18.7. The molecule has 0 amide bonds. The van der Waals surface area contributed by atoms with Crippen LogP contribution in [0, 0.1) is 0 Å². The van der Waals surface area contributed by atoms with Crippen molar-refractivity contribution in [2.75, 3.05) is 26.4 Å². The quantitative estimate of drug-likeness (QED) is 0.0323. The number of hydrogen-bond donors (Lipinski definition) is 2. The molecule has 2 unspecified atom stereocenters. The Morgan fingerprint density at radius 3 is 1.70 bits per heavy atom. The van der Waals surface area contributed by atoms with E-state index in [0.717, 1.165) is 19.3 Å². The number of carbonyl (C=O) groups excluding carboxylic acids is 2. The number of nitrogens with two attached hydrogens (primary N) is 1. The Balaban J connectivity index is 3.83. The number of rotatable bonds is 32. The summed E-state index contributed by atoms with van der Waals surface area (Å²) in [5.41, 5.74) is 5.27. The van der Waals surface area contributed by atoms with Gasteiger partial charge >= 0.3 is 19.8 Å². The number of allylic oxidation sites excluding steroid dienone is 2. The largest absolute Gasteiger partial charge is 0.472 e. The molecule has 0 saturated heterocycles. The minimum Gasteiger partial charge on any atom is -0.462 e. The zero-order valence-electron chi connectivity index (χ0n) is 27.4. The summed E-state index contributed by atoms with van der Waals surface area (Å²) in [7, 11) is -4.34. The SMILES string of the molecule is CCCCCCCCCC/C=C\CCCCCCCCCCCC(=O)OC(COC(=O)CCC)COP(=O)(O)OCCN. The molecule has 43 heavy (non-hydrogen) atoms. The van der Waals surface area contributed by atoms with Crippen LogP contribution in [0.1, 0.15) is 155 Å². The van der Waals surface area contributed by atoms with Crippen LogP contribution in [-0.4, -0.2) is 49.3 Å². The van der Waals surface area contributed by atoms with Crippen LogP contribution in [0.4, 0.5) is 0 Å². The molecule has 0 spiro atoms. The van der Waals surface area contributed by atoms with Gasteiger partial charge in [-0.3, -0.25) is 18.6 Å². The predicted molar refractivity (Wildman–Crippen MR) is 174 cm³/mol. The van der Waals surface area contributed by atoms with Gasteiger partial charge in [0.25, 0.3) is 0 Å². The highest BCUT2D eigenvalue weighted by molar-refractivity contribution is 7.47. The molecule has 0 rings (SSSR count). The molecule has 0 saturated carbocycles. The van der Waals surface area contributed by atoms with E-state index in [4.69, 9.17) is 19.7 Å². The molecule has 0 radical (unpaired) electrons. The Morgan fingerprint density at radius 2 is 1.19 bits per heavy atom. The molecule has 2 atom stereocenters. The molecule has 0 bridgehead atoms. The molecule has 0 fully saturated rings. The van der Waals surface area contributed by atoms with Gasteiger partial charge in [-0.15, -0.1) is 0 Å². The number of carbonyl (C=O) groups is 2. The monoisotopic (exact) mass is 633 g/mol. The normalized spacial score (nSPS) is 13.7. The minimum absolute atomic E-state index is 0.0538. The zero-order chi connectivity index (χ0) is 31.9. The third-order valence-corrected chi connectivity index (χ3v) is 8.11. The third kappa shape index (κ3) is 30.6. The second-order valence-corrected chi connectivity index (χ2v) is 12.8. The van der Waals surface area contributed by atoms with Crippen molar-refractivity contribution in [2.45, 2.75) is 161 Å². The number of unbranched alkanes of at least 4 members (excludes halogenated alkanes) is 17. The van der Waals surface area contributed by atoms with Crippen molar-refractivity contribution in [2.24, 2.45) is 5.73 Å². The van der Waals surface area contributed by atoms with Crippen molar-refractivity contribution in [1.29, 1.82) is 0 Å². The second kappa shape index (κ2) is 30.8. The van der Waals surface area contributed by atoms with Crippen LogP contribution in [0.5, 0.6) is 0 Å². The lowest BCUT2D eigenvalue weighted by Crippen LogP contribution is -2.29. The van der Waals surface area contributed by atoms with Crippen molar-refractivity contribution in [3.8, 4) is 0 Å². The van der Waals surface area contributed by atoms with Crippen LogP contribution >= 0.6 is 7.82 Å². The van der Waals surface area contributed by atoms with E-state index in [1.807, 2.05) is 6.92 Å². The highest BCUT2D eigenvalue weighted by Gasteiger charge is 2.25. The molecule has 10 heteroatoms. The van der Waals surface area contributed by atoms with Crippen molar-refractivity contribution in [3.05, 3.63) is 12.2 Å². The van der Waals surface area contributed by atoms with Crippen molar-refractivity contribution >= 4 is 19.8 Å². The van der Waals surface area contributed by atoms with E-state index >= 15 is 0 Å². The van der Waals surface area contributed by atoms with Crippen LogP contribution in [0.3, 0.4) is 0 Å². The van der Waals surface area contributed by atoms with E-state index in [1.54, 1.807) is 0 Å².